The molecule has 0 spiro atoms. The molecule has 0 heterocycles. The van der Waals surface area contributed by atoms with Crippen LogP contribution in [0.5, 0.6) is 0 Å². The predicted octanol–water partition coefficient (Wildman–Crippen LogP) is 6.08. The van der Waals surface area contributed by atoms with Gasteiger partial charge in [-0.15, -0.1) is 0 Å². The van der Waals surface area contributed by atoms with Crippen LogP contribution >= 0.6 is 0 Å². The Hall–Kier alpha value is -2.61. The molecule has 0 aliphatic carbocycles. The minimum absolute atomic E-state index is 0.181. The highest BCUT2D eigenvalue weighted by molar-refractivity contribution is 5.87. The number of carbonyl (C=O) groups excluding carboxylic acids is 1. The lowest BCUT2D eigenvalue weighted by atomic mass is 9.83. The van der Waals surface area contributed by atoms with Gasteiger partial charge in [0.25, 0.3) is 0 Å². The molecule has 0 aliphatic rings. The van der Waals surface area contributed by atoms with Crippen LogP contribution in [0.1, 0.15) is 45.2 Å². The summed E-state index contributed by atoms with van der Waals surface area (Å²) < 4.78 is 6.23. The van der Waals surface area contributed by atoms with E-state index in [4.69, 9.17) is 4.74 Å². The smallest absolute Gasteiger partial charge is 0.312 e. The second-order valence-electron chi connectivity index (χ2n) is 7.55. The molecule has 0 aromatic heterocycles. The van der Waals surface area contributed by atoms with Crippen LogP contribution in [0.3, 0.4) is 0 Å². The molecule has 0 amide bonds. The predicted molar refractivity (Wildman–Crippen MR) is 107 cm³/mol. The molecule has 1 atom stereocenters. The molecule has 134 valence electrons. The summed E-state index contributed by atoms with van der Waals surface area (Å²) in [5.41, 5.74) is 0.588. The van der Waals surface area contributed by atoms with Crippen LogP contribution < -0.4 is 0 Å². The molecular formula is C24H26O2. The number of hydrogen-bond donors (Lipinski definition) is 0. The van der Waals surface area contributed by atoms with Crippen LogP contribution in [0.25, 0.3) is 10.8 Å². The van der Waals surface area contributed by atoms with E-state index in [9.17, 15) is 4.79 Å². The highest BCUT2D eigenvalue weighted by Gasteiger charge is 2.39. The number of carbonyl (C=O) groups is 1. The van der Waals surface area contributed by atoms with Crippen molar-refractivity contribution in [1.29, 1.82) is 0 Å². The molecule has 3 rings (SSSR count). The minimum Gasteiger partial charge on any atom is -0.449 e. The van der Waals surface area contributed by atoms with Gasteiger partial charge in [0.1, 0.15) is 0 Å². The second kappa shape index (κ2) is 6.95. The maximum absolute atomic E-state index is 13.0. The molecule has 0 aliphatic heterocycles. The topological polar surface area (TPSA) is 26.3 Å². The first-order valence-corrected chi connectivity index (χ1v) is 9.16. The van der Waals surface area contributed by atoms with Gasteiger partial charge in [0.2, 0.25) is 0 Å². The van der Waals surface area contributed by atoms with Gasteiger partial charge in [-0.1, -0.05) is 79.7 Å². The number of hydrogen-bond acceptors (Lipinski definition) is 2. The van der Waals surface area contributed by atoms with E-state index >= 15 is 0 Å². The minimum atomic E-state index is -0.856. The molecule has 0 N–H and O–H groups in total. The Morgan fingerprint density at radius 3 is 2.15 bits per heavy atom. The molecule has 0 radical (unpaired) electrons. The lowest BCUT2D eigenvalue weighted by molar-refractivity contribution is -0.166. The van der Waals surface area contributed by atoms with Gasteiger partial charge in [0, 0.05) is 5.56 Å². The second-order valence-corrected chi connectivity index (χ2v) is 7.55. The van der Waals surface area contributed by atoms with Crippen LogP contribution in [-0.2, 0) is 15.1 Å². The maximum atomic E-state index is 13.0. The summed E-state index contributed by atoms with van der Waals surface area (Å²) in [4.78, 5) is 13.0. The van der Waals surface area contributed by atoms with Crippen LogP contribution in [-0.4, -0.2) is 5.97 Å². The van der Waals surface area contributed by atoms with Crippen molar-refractivity contribution in [3.63, 3.8) is 0 Å². The van der Waals surface area contributed by atoms with Gasteiger partial charge in [-0.2, -0.15) is 0 Å². The SMILES string of the molecule is CCC(C)(C)C(=O)OC(C)(c1ccccc1)c1cccc2ccccc12. The number of fused-ring (bicyclic) bond motifs is 1. The van der Waals surface area contributed by atoms with Gasteiger partial charge < -0.3 is 4.74 Å². The highest BCUT2D eigenvalue weighted by Crippen LogP contribution is 2.39. The van der Waals surface area contributed by atoms with Gasteiger partial charge >= 0.3 is 5.97 Å². The first-order valence-electron chi connectivity index (χ1n) is 9.16. The van der Waals surface area contributed by atoms with Gasteiger partial charge in [-0.05, 0) is 43.5 Å². The molecular weight excluding hydrogens is 320 g/mol. The van der Waals surface area contributed by atoms with E-state index in [1.807, 2.05) is 76.2 Å². The Morgan fingerprint density at radius 1 is 0.846 bits per heavy atom. The monoisotopic (exact) mass is 346 g/mol. The lowest BCUT2D eigenvalue weighted by Gasteiger charge is -2.35. The number of ether oxygens (including phenoxy) is 1. The third-order valence-electron chi connectivity index (χ3n) is 5.36. The van der Waals surface area contributed by atoms with E-state index in [-0.39, 0.29) is 5.97 Å². The van der Waals surface area contributed by atoms with E-state index in [1.54, 1.807) is 0 Å². The fourth-order valence-electron chi connectivity index (χ4n) is 3.13. The third kappa shape index (κ3) is 3.24. The van der Waals surface area contributed by atoms with Crippen LogP contribution in [0, 0.1) is 5.41 Å². The van der Waals surface area contributed by atoms with Crippen molar-refractivity contribution in [2.45, 2.75) is 39.7 Å². The molecule has 2 heteroatoms. The zero-order valence-electron chi connectivity index (χ0n) is 16.0. The van der Waals surface area contributed by atoms with Gasteiger partial charge in [-0.25, -0.2) is 0 Å². The summed E-state index contributed by atoms with van der Waals surface area (Å²) in [5, 5.41) is 2.24. The molecule has 26 heavy (non-hydrogen) atoms. The van der Waals surface area contributed by atoms with E-state index in [2.05, 4.69) is 24.3 Å². The largest absolute Gasteiger partial charge is 0.449 e. The zero-order valence-corrected chi connectivity index (χ0v) is 16.0. The van der Waals surface area contributed by atoms with E-state index < -0.39 is 11.0 Å². The Balaban J connectivity index is 2.20. The first kappa shape index (κ1) is 18.2. The first-order chi connectivity index (χ1) is 12.4. The van der Waals surface area contributed by atoms with Crippen molar-refractivity contribution < 1.29 is 9.53 Å². The summed E-state index contributed by atoms with van der Waals surface area (Å²) in [6.45, 7) is 7.88. The van der Waals surface area contributed by atoms with Crippen molar-refractivity contribution in [1.82, 2.24) is 0 Å². The number of rotatable bonds is 5. The summed E-state index contributed by atoms with van der Waals surface area (Å²) in [5.74, 6) is -0.181. The molecule has 1 unspecified atom stereocenters. The van der Waals surface area contributed by atoms with Crippen molar-refractivity contribution in [3.05, 3.63) is 83.9 Å². The van der Waals surface area contributed by atoms with E-state index in [0.29, 0.717) is 0 Å². The van der Waals surface area contributed by atoms with E-state index in [0.717, 1.165) is 28.3 Å². The van der Waals surface area contributed by atoms with Crippen LogP contribution in [0.15, 0.2) is 72.8 Å². The summed E-state index contributed by atoms with van der Waals surface area (Å²) in [6, 6.07) is 24.4. The molecule has 0 saturated heterocycles. The molecule has 0 bridgehead atoms. The van der Waals surface area contributed by atoms with Crippen molar-refractivity contribution in [3.8, 4) is 0 Å². The summed E-state index contributed by atoms with van der Waals surface area (Å²) in [7, 11) is 0. The highest BCUT2D eigenvalue weighted by atomic mass is 16.6. The molecule has 0 fully saturated rings. The lowest BCUT2D eigenvalue weighted by Crippen LogP contribution is -2.36. The maximum Gasteiger partial charge on any atom is 0.312 e. The number of benzene rings is 3. The molecule has 3 aromatic rings. The van der Waals surface area contributed by atoms with Gasteiger partial charge in [-0.3, -0.25) is 4.79 Å². The molecule has 3 aromatic carbocycles. The van der Waals surface area contributed by atoms with Crippen LogP contribution in [0.4, 0.5) is 0 Å². The standard InChI is InChI=1S/C24H26O2/c1-5-23(2,3)22(25)26-24(4,19-14-7-6-8-15-19)21-17-11-13-18-12-9-10-16-20(18)21/h6-17H,5H2,1-4H3. The summed E-state index contributed by atoms with van der Waals surface area (Å²) >= 11 is 0. The zero-order chi connectivity index (χ0) is 18.8. The van der Waals surface area contributed by atoms with E-state index in [1.165, 1.54) is 0 Å². The fourth-order valence-corrected chi connectivity index (χ4v) is 3.13. The average molecular weight is 346 g/mol. The van der Waals surface area contributed by atoms with Gasteiger partial charge in [0.15, 0.2) is 5.60 Å². The van der Waals surface area contributed by atoms with Crippen molar-refractivity contribution in [2.24, 2.45) is 5.41 Å². The normalized spacial score (nSPS) is 14.0. The van der Waals surface area contributed by atoms with Gasteiger partial charge in [0.05, 0.1) is 5.41 Å². The quantitative estimate of drug-likeness (QED) is 0.523. The number of esters is 1. The Labute approximate surface area is 155 Å². The Morgan fingerprint density at radius 2 is 1.46 bits per heavy atom. The van der Waals surface area contributed by atoms with Crippen molar-refractivity contribution >= 4 is 16.7 Å². The Bertz CT molecular complexity index is 906. The average Bonchev–Trinajstić information content (AvgIpc) is 2.68. The fraction of sp³-hybridized carbons (Fsp3) is 0.292. The van der Waals surface area contributed by atoms with Crippen LogP contribution in [0.2, 0.25) is 0 Å². The third-order valence-corrected chi connectivity index (χ3v) is 5.36. The molecule has 0 saturated carbocycles. The summed E-state index contributed by atoms with van der Waals surface area (Å²) in [6.07, 6.45) is 0.728. The van der Waals surface area contributed by atoms with Crippen molar-refractivity contribution in [2.75, 3.05) is 0 Å². The molecule has 2 nitrogen and oxygen atoms in total. The Kier molecular flexibility index (Phi) is 4.86.